The van der Waals surface area contributed by atoms with E-state index in [2.05, 4.69) is 31.2 Å². The molecule has 0 saturated carbocycles. The predicted molar refractivity (Wildman–Crippen MR) is 92.5 cm³/mol. The Hall–Kier alpha value is -1.60. The standard InChI is InChI=1S/C12H11BrN4OS.C2H6/c1-17-9(6-2-4-7(13)5-3-6)14-8-10(17)15-12(19)16-11(8)18;1-2/h2-5,9,14H,1H3,(H2,15,16,18,19);1-2H3. The van der Waals surface area contributed by atoms with E-state index >= 15 is 0 Å². The fourth-order valence-corrected chi connectivity index (χ4v) is 2.64. The summed E-state index contributed by atoms with van der Waals surface area (Å²) in [6.07, 6.45) is -0.0859. The topological polar surface area (TPSA) is 63.9 Å². The molecule has 1 aromatic heterocycles. The maximum Gasteiger partial charge on any atom is 0.277 e. The monoisotopic (exact) mass is 368 g/mol. The van der Waals surface area contributed by atoms with Crippen LogP contribution >= 0.6 is 28.1 Å². The highest BCUT2D eigenvalue weighted by Crippen LogP contribution is 2.35. The van der Waals surface area contributed by atoms with Crippen LogP contribution in [0, 0.1) is 4.77 Å². The highest BCUT2D eigenvalue weighted by Gasteiger charge is 2.29. The van der Waals surface area contributed by atoms with E-state index < -0.39 is 0 Å². The van der Waals surface area contributed by atoms with Gasteiger partial charge < -0.3 is 15.2 Å². The minimum absolute atomic E-state index is 0.0859. The number of aromatic amines is 2. The van der Waals surface area contributed by atoms with Gasteiger partial charge in [-0.15, -0.1) is 0 Å². The molecule has 0 saturated heterocycles. The summed E-state index contributed by atoms with van der Waals surface area (Å²) >= 11 is 8.40. The first-order valence-electron chi connectivity index (χ1n) is 6.67. The molecule has 0 aliphatic carbocycles. The Morgan fingerprint density at radius 1 is 1.19 bits per heavy atom. The van der Waals surface area contributed by atoms with E-state index in [4.69, 9.17) is 12.2 Å². The third-order valence-corrected chi connectivity index (χ3v) is 3.86. The van der Waals surface area contributed by atoms with Crippen molar-refractivity contribution in [2.75, 3.05) is 17.3 Å². The Morgan fingerprint density at radius 2 is 1.81 bits per heavy atom. The predicted octanol–water partition coefficient (Wildman–Crippen LogP) is 3.78. The Kier molecular flexibility index (Phi) is 4.84. The lowest BCUT2D eigenvalue weighted by atomic mass is 10.2. The largest absolute Gasteiger partial charge is 0.354 e. The molecule has 1 aliphatic rings. The lowest BCUT2D eigenvalue weighted by molar-refractivity contribution is 0.783. The van der Waals surface area contributed by atoms with Gasteiger partial charge in [-0.25, -0.2) is 0 Å². The molecule has 2 aromatic rings. The lowest BCUT2D eigenvalue weighted by Crippen LogP contribution is -2.23. The van der Waals surface area contributed by atoms with E-state index in [1.807, 2.05) is 50.1 Å². The zero-order valence-electron chi connectivity index (χ0n) is 12.0. The van der Waals surface area contributed by atoms with Crippen LogP contribution < -0.4 is 15.8 Å². The van der Waals surface area contributed by atoms with E-state index in [-0.39, 0.29) is 11.7 Å². The van der Waals surface area contributed by atoms with E-state index in [1.165, 1.54) is 0 Å². The number of benzene rings is 1. The van der Waals surface area contributed by atoms with Crippen molar-refractivity contribution >= 4 is 39.7 Å². The first-order valence-corrected chi connectivity index (χ1v) is 7.88. The van der Waals surface area contributed by atoms with Crippen molar-refractivity contribution in [2.45, 2.75) is 20.0 Å². The normalized spacial score (nSPS) is 15.8. The minimum Gasteiger partial charge on any atom is -0.354 e. The number of halogens is 1. The van der Waals surface area contributed by atoms with Gasteiger partial charge in [0.1, 0.15) is 17.7 Å². The van der Waals surface area contributed by atoms with Crippen LogP contribution in [-0.4, -0.2) is 17.0 Å². The number of nitrogens with one attached hydrogen (secondary N) is 3. The summed E-state index contributed by atoms with van der Waals surface area (Å²) in [6.45, 7) is 4.00. The molecule has 0 bridgehead atoms. The van der Waals surface area contributed by atoms with Gasteiger partial charge >= 0.3 is 0 Å². The first-order chi connectivity index (χ1) is 10.1. The summed E-state index contributed by atoms with van der Waals surface area (Å²) < 4.78 is 1.35. The van der Waals surface area contributed by atoms with Crippen molar-refractivity contribution in [1.29, 1.82) is 0 Å². The smallest absolute Gasteiger partial charge is 0.277 e. The van der Waals surface area contributed by atoms with Gasteiger partial charge in [-0.05, 0) is 29.9 Å². The number of nitrogens with zero attached hydrogens (tertiary/aromatic N) is 1. The lowest BCUT2D eigenvalue weighted by Gasteiger charge is -2.21. The second-order valence-electron chi connectivity index (χ2n) is 4.34. The quantitative estimate of drug-likeness (QED) is 0.670. The molecule has 5 nitrogen and oxygen atoms in total. The molecule has 3 N–H and O–H groups in total. The van der Waals surface area contributed by atoms with Crippen LogP contribution in [0.2, 0.25) is 0 Å². The van der Waals surface area contributed by atoms with Crippen molar-refractivity contribution in [3.05, 3.63) is 49.4 Å². The average Bonchev–Trinajstić information content (AvgIpc) is 2.80. The van der Waals surface area contributed by atoms with Crippen LogP contribution in [-0.2, 0) is 0 Å². The van der Waals surface area contributed by atoms with Crippen LogP contribution in [0.4, 0.5) is 11.5 Å². The molecule has 1 aromatic carbocycles. The molecule has 0 radical (unpaired) electrons. The van der Waals surface area contributed by atoms with Crippen LogP contribution in [0.5, 0.6) is 0 Å². The summed E-state index contributed by atoms with van der Waals surface area (Å²) in [5.74, 6) is 0.710. The zero-order valence-corrected chi connectivity index (χ0v) is 14.4. The number of H-pyrrole nitrogens is 2. The fourth-order valence-electron chi connectivity index (χ4n) is 2.19. The van der Waals surface area contributed by atoms with Gasteiger partial charge in [-0.2, -0.15) is 0 Å². The molecule has 0 fully saturated rings. The Labute approximate surface area is 136 Å². The molecule has 3 rings (SSSR count). The number of aromatic nitrogens is 2. The number of hydrogen-bond donors (Lipinski definition) is 3. The Bertz CT molecular complexity index is 738. The number of anilines is 2. The van der Waals surface area contributed by atoms with Crippen molar-refractivity contribution in [3.63, 3.8) is 0 Å². The van der Waals surface area contributed by atoms with E-state index in [1.54, 1.807) is 0 Å². The second kappa shape index (κ2) is 6.44. The maximum atomic E-state index is 11.9. The fraction of sp³-hybridized carbons (Fsp3) is 0.286. The van der Waals surface area contributed by atoms with E-state index in [0.29, 0.717) is 16.3 Å². The average molecular weight is 369 g/mol. The van der Waals surface area contributed by atoms with Gasteiger partial charge in [0.15, 0.2) is 4.77 Å². The maximum absolute atomic E-state index is 11.9. The number of hydrogen-bond acceptors (Lipinski definition) is 4. The molecular formula is C14H17BrN4OS. The number of rotatable bonds is 1. The van der Waals surface area contributed by atoms with Crippen molar-refractivity contribution in [2.24, 2.45) is 0 Å². The first kappa shape index (κ1) is 15.8. The zero-order chi connectivity index (χ0) is 15.6. The SMILES string of the molecule is CC.CN1c2[nH]c(=S)[nH]c(=O)c2NC1c1ccc(Br)cc1. The van der Waals surface area contributed by atoms with Gasteiger partial charge in [0.05, 0.1) is 0 Å². The highest BCUT2D eigenvalue weighted by molar-refractivity contribution is 9.10. The van der Waals surface area contributed by atoms with E-state index in [9.17, 15) is 4.79 Å². The molecule has 21 heavy (non-hydrogen) atoms. The molecule has 1 aliphatic heterocycles. The third kappa shape index (κ3) is 3.03. The Morgan fingerprint density at radius 3 is 2.43 bits per heavy atom. The van der Waals surface area contributed by atoms with Crippen LogP contribution in [0.15, 0.2) is 33.5 Å². The summed E-state index contributed by atoms with van der Waals surface area (Å²) in [5, 5.41) is 3.20. The van der Waals surface area contributed by atoms with Crippen molar-refractivity contribution in [3.8, 4) is 0 Å². The molecule has 0 spiro atoms. The van der Waals surface area contributed by atoms with Gasteiger partial charge in [0.2, 0.25) is 0 Å². The van der Waals surface area contributed by atoms with Crippen LogP contribution in [0.3, 0.4) is 0 Å². The molecule has 0 amide bonds. The molecule has 112 valence electrons. The van der Waals surface area contributed by atoms with Crippen molar-refractivity contribution < 1.29 is 0 Å². The molecule has 2 heterocycles. The summed E-state index contributed by atoms with van der Waals surface area (Å²) in [4.78, 5) is 19.4. The van der Waals surface area contributed by atoms with E-state index in [0.717, 1.165) is 10.0 Å². The van der Waals surface area contributed by atoms with Gasteiger partial charge in [-0.3, -0.25) is 9.78 Å². The number of fused-ring (bicyclic) bond motifs is 1. The summed E-state index contributed by atoms with van der Waals surface area (Å²) in [6, 6.07) is 7.96. The summed E-state index contributed by atoms with van der Waals surface area (Å²) in [7, 11) is 1.91. The van der Waals surface area contributed by atoms with Gasteiger partial charge in [0.25, 0.3) is 5.56 Å². The summed E-state index contributed by atoms with van der Waals surface area (Å²) in [5.41, 5.74) is 1.38. The molecule has 1 atom stereocenters. The van der Waals surface area contributed by atoms with Crippen molar-refractivity contribution in [1.82, 2.24) is 9.97 Å². The van der Waals surface area contributed by atoms with Gasteiger partial charge in [0, 0.05) is 11.5 Å². The minimum atomic E-state index is -0.204. The molecule has 7 heteroatoms. The van der Waals surface area contributed by atoms with Gasteiger partial charge in [-0.1, -0.05) is 41.9 Å². The van der Waals surface area contributed by atoms with Crippen LogP contribution in [0.1, 0.15) is 25.6 Å². The third-order valence-electron chi connectivity index (χ3n) is 3.13. The second-order valence-corrected chi connectivity index (χ2v) is 5.67. The molecular weight excluding hydrogens is 352 g/mol. The molecule has 1 unspecified atom stereocenters. The highest BCUT2D eigenvalue weighted by atomic mass is 79.9. The van der Waals surface area contributed by atoms with Crippen LogP contribution in [0.25, 0.3) is 0 Å². The Balaban J connectivity index is 0.000000774.